The van der Waals surface area contributed by atoms with E-state index in [1.165, 1.54) is 12.0 Å². The van der Waals surface area contributed by atoms with Crippen LogP contribution < -0.4 is 5.32 Å². The molecule has 0 heterocycles. The normalized spacial score (nSPS) is 14.9. The molecule has 1 N–H and O–H groups in total. The molecule has 0 aromatic heterocycles. The molecular formula is C15H24ClN. The van der Waals surface area contributed by atoms with E-state index < -0.39 is 0 Å². The minimum absolute atomic E-state index is 0.430. The molecule has 96 valence electrons. The van der Waals surface area contributed by atoms with Gasteiger partial charge >= 0.3 is 0 Å². The average Bonchev–Trinajstić information content (AvgIpc) is 2.26. The molecule has 1 nitrogen and oxygen atoms in total. The minimum Gasteiger partial charge on any atom is -0.310 e. The first-order valence-corrected chi connectivity index (χ1v) is 6.91. The van der Waals surface area contributed by atoms with Crippen molar-refractivity contribution >= 4 is 11.6 Å². The topological polar surface area (TPSA) is 12.0 Å². The van der Waals surface area contributed by atoms with Crippen molar-refractivity contribution in [3.63, 3.8) is 0 Å². The second-order valence-corrected chi connectivity index (χ2v) is 5.63. The molecule has 0 saturated heterocycles. The number of benzene rings is 1. The molecule has 0 spiro atoms. The molecule has 0 aliphatic carbocycles. The lowest BCUT2D eigenvalue weighted by Gasteiger charge is -2.26. The van der Waals surface area contributed by atoms with Crippen molar-refractivity contribution in [1.29, 1.82) is 0 Å². The smallest absolute Gasteiger partial charge is 0.0406 e. The Hall–Kier alpha value is -0.530. The van der Waals surface area contributed by atoms with Crippen molar-refractivity contribution < 1.29 is 0 Å². The van der Waals surface area contributed by atoms with Crippen LogP contribution >= 0.6 is 11.6 Å². The Kier molecular flexibility index (Phi) is 6.01. The fraction of sp³-hybridized carbons (Fsp3) is 0.600. The molecule has 2 heteroatoms. The highest BCUT2D eigenvalue weighted by Gasteiger charge is 2.19. The van der Waals surface area contributed by atoms with E-state index in [0.29, 0.717) is 12.0 Å². The van der Waals surface area contributed by atoms with Gasteiger partial charge in [0, 0.05) is 11.1 Å². The Morgan fingerprint density at radius 1 is 1.12 bits per heavy atom. The molecule has 2 atom stereocenters. The minimum atomic E-state index is 0.430. The van der Waals surface area contributed by atoms with Gasteiger partial charge in [-0.2, -0.15) is 0 Å². The van der Waals surface area contributed by atoms with Gasteiger partial charge in [0.25, 0.3) is 0 Å². The van der Waals surface area contributed by atoms with Gasteiger partial charge < -0.3 is 5.32 Å². The summed E-state index contributed by atoms with van der Waals surface area (Å²) in [7, 11) is 0. The van der Waals surface area contributed by atoms with Gasteiger partial charge in [-0.05, 0) is 42.5 Å². The number of halogens is 1. The highest BCUT2D eigenvalue weighted by Crippen LogP contribution is 2.27. The number of hydrogen-bond donors (Lipinski definition) is 1. The highest BCUT2D eigenvalue weighted by molar-refractivity contribution is 6.30. The van der Waals surface area contributed by atoms with E-state index in [1.807, 2.05) is 12.1 Å². The molecule has 0 saturated carbocycles. The van der Waals surface area contributed by atoms with Crippen molar-refractivity contribution in [3.05, 3.63) is 34.9 Å². The van der Waals surface area contributed by atoms with E-state index in [1.54, 1.807) is 0 Å². The maximum absolute atomic E-state index is 5.94. The molecule has 1 rings (SSSR count). The summed E-state index contributed by atoms with van der Waals surface area (Å²) in [6.45, 7) is 10.0. The van der Waals surface area contributed by atoms with Crippen LogP contribution in [0.4, 0.5) is 0 Å². The third kappa shape index (κ3) is 4.69. The summed E-state index contributed by atoms with van der Waals surface area (Å²) >= 11 is 5.94. The molecule has 2 unspecified atom stereocenters. The van der Waals surface area contributed by atoms with Gasteiger partial charge in [-0.1, -0.05) is 51.4 Å². The molecule has 0 aliphatic rings. The second kappa shape index (κ2) is 7.03. The van der Waals surface area contributed by atoms with E-state index in [9.17, 15) is 0 Å². The van der Waals surface area contributed by atoms with Crippen molar-refractivity contribution in [2.75, 3.05) is 6.54 Å². The van der Waals surface area contributed by atoms with Crippen molar-refractivity contribution in [3.8, 4) is 0 Å². The van der Waals surface area contributed by atoms with Crippen molar-refractivity contribution in [2.24, 2.45) is 11.8 Å². The summed E-state index contributed by atoms with van der Waals surface area (Å²) in [5.74, 6) is 1.37. The molecule has 0 fully saturated rings. The predicted molar refractivity (Wildman–Crippen MR) is 76.5 cm³/mol. The fourth-order valence-electron chi connectivity index (χ4n) is 2.42. The molecule has 0 bridgehead atoms. The van der Waals surface area contributed by atoms with E-state index in [0.717, 1.165) is 17.5 Å². The standard InChI is InChI=1S/C15H24ClN/c1-5-17-15(12(4)10-11(2)3)13-6-8-14(16)9-7-13/h6-9,11-12,15,17H,5,10H2,1-4H3. The first-order chi connectivity index (χ1) is 8.04. The molecule has 0 amide bonds. The van der Waals surface area contributed by atoms with E-state index in [-0.39, 0.29) is 0 Å². The first-order valence-electron chi connectivity index (χ1n) is 6.53. The van der Waals surface area contributed by atoms with Crippen LogP contribution in [-0.4, -0.2) is 6.54 Å². The molecule has 17 heavy (non-hydrogen) atoms. The Morgan fingerprint density at radius 3 is 2.18 bits per heavy atom. The van der Waals surface area contributed by atoms with Crippen LogP contribution in [-0.2, 0) is 0 Å². The molecule has 0 aliphatic heterocycles. The summed E-state index contributed by atoms with van der Waals surface area (Å²) < 4.78 is 0. The second-order valence-electron chi connectivity index (χ2n) is 5.19. The summed E-state index contributed by atoms with van der Waals surface area (Å²) in [5.41, 5.74) is 1.34. The Balaban J connectivity index is 2.80. The van der Waals surface area contributed by atoms with Crippen LogP contribution in [0.5, 0.6) is 0 Å². The van der Waals surface area contributed by atoms with Crippen LogP contribution in [0.3, 0.4) is 0 Å². The zero-order valence-corrected chi connectivity index (χ0v) is 12.1. The van der Waals surface area contributed by atoms with Gasteiger partial charge in [-0.15, -0.1) is 0 Å². The van der Waals surface area contributed by atoms with Gasteiger partial charge in [-0.3, -0.25) is 0 Å². The molecule has 1 aromatic carbocycles. The van der Waals surface area contributed by atoms with Crippen LogP contribution in [0.15, 0.2) is 24.3 Å². The monoisotopic (exact) mass is 253 g/mol. The Morgan fingerprint density at radius 2 is 1.71 bits per heavy atom. The van der Waals surface area contributed by atoms with Crippen LogP contribution in [0.1, 0.15) is 45.7 Å². The van der Waals surface area contributed by atoms with Crippen LogP contribution in [0.25, 0.3) is 0 Å². The van der Waals surface area contributed by atoms with Crippen LogP contribution in [0, 0.1) is 11.8 Å². The predicted octanol–water partition coefficient (Wildman–Crippen LogP) is 4.67. The fourth-order valence-corrected chi connectivity index (χ4v) is 2.54. The van der Waals surface area contributed by atoms with Gasteiger partial charge in [-0.25, -0.2) is 0 Å². The summed E-state index contributed by atoms with van der Waals surface area (Å²) in [4.78, 5) is 0. The van der Waals surface area contributed by atoms with Crippen molar-refractivity contribution in [1.82, 2.24) is 5.32 Å². The Bertz CT molecular complexity index is 318. The van der Waals surface area contributed by atoms with Gasteiger partial charge in [0.1, 0.15) is 0 Å². The van der Waals surface area contributed by atoms with Crippen molar-refractivity contribution in [2.45, 2.75) is 40.2 Å². The number of hydrogen-bond acceptors (Lipinski definition) is 1. The summed E-state index contributed by atoms with van der Waals surface area (Å²) in [6, 6.07) is 8.64. The summed E-state index contributed by atoms with van der Waals surface area (Å²) in [6.07, 6.45) is 1.24. The zero-order chi connectivity index (χ0) is 12.8. The average molecular weight is 254 g/mol. The lowest BCUT2D eigenvalue weighted by Crippen LogP contribution is -2.27. The molecular weight excluding hydrogens is 230 g/mol. The number of nitrogens with one attached hydrogen (secondary N) is 1. The first kappa shape index (κ1) is 14.5. The largest absolute Gasteiger partial charge is 0.310 e. The lowest BCUT2D eigenvalue weighted by atomic mass is 9.88. The van der Waals surface area contributed by atoms with Gasteiger partial charge in [0.15, 0.2) is 0 Å². The highest BCUT2D eigenvalue weighted by atomic mass is 35.5. The molecule has 0 radical (unpaired) electrons. The van der Waals surface area contributed by atoms with E-state index in [2.05, 4.69) is 45.1 Å². The van der Waals surface area contributed by atoms with Crippen LogP contribution in [0.2, 0.25) is 5.02 Å². The Labute approximate surface area is 111 Å². The van der Waals surface area contributed by atoms with E-state index in [4.69, 9.17) is 11.6 Å². The maximum Gasteiger partial charge on any atom is 0.0406 e. The lowest BCUT2D eigenvalue weighted by molar-refractivity contribution is 0.333. The third-order valence-electron chi connectivity index (χ3n) is 3.07. The van der Waals surface area contributed by atoms with E-state index >= 15 is 0 Å². The SMILES string of the molecule is CCNC(c1ccc(Cl)cc1)C(C)CC(C)C. The van der Waals surface area contributed by atoms with Gasteiger partial charge in [0.05, 0.1) is 0 Å². The van der Waals surface area contributed by atoms with Gasteiger partial charge in [0.2, 0.25) is 0 Å². The quantitative estimate of drug-likeness (QED) is 0.777. The number of rotatable bonds is 6. The zero-order valence-electron chi connectivity index (χ0n) is 11.3. The maximum atomic E-state index is 5.94. The molecule has 1 aromatic rings. The third-order valence-corrected chi connectivity index (χ3v) is 3.32. The summed E-state index contributed by atoms with van der Waals surface area (Å²) in [5, 5.41) is 4.39.